The molecule has 0 spiro atoms. The van der Waals surface area contributed by atoms with Crippen LogP contribution in [0.5, 0.6) is 0 Å². The van der Waals surface area contributed by atoms with Gasteiger partial charge in [-0.3, -0.25) is 4.79 Å². The Hall–Kier alpha value is -0.160. The fourth-order valence-electron chi connectivity index (χ4n) is 3.60. The molecule has 3 nitrogen and oxygen atoms in total. The van der Waals surface area contributed by atoms with E-state index >= 15 is 0 Å². The highest BCUT2D eigenvalue weighted by atomic mass is 35.6. The van der Waals surface area contributed by atoms with E-state index in [9.17, 15) is 4.79 Å². The maximum absolute atomic E-state index is 12.3. The van der Waals surface area contributed by atoms with Crippen molar-refractivity contribution >= 4 is 63.9 Å². The van der Waals surface area contributed by atoms with Gasteiger partial charge in [0.2, 0.25) is 0 Å². The van der Waals surface area contributed by atoms with Crippen molar-refractivity contribution in [1.29, 1.82) is 0 Å². The van der Waals surface area contributed by atoms with Crippen LogP contribution >= 0.6 is 58.0 Å². The zero-order valence-corrected chi connectivity index (χ0v) is 16.4. The van der Waals surface area contributed by atoms with Crippen LogP contribution in [0.4, 0.5) is 0 Å². The first-order valence-corrected chi connectivity index (χ1v) is 9.06. The van der Waals surface area contributed by atoms with Crippen LogP contribution in [0.25, 0.3) is 0 Å². The topological polar surface area (TPSA) is 29.5 Å². The average molecular weight is 430 g/mol. The van der Waals surface area contributed by atoms with Crippen LogP contribution in [-0.2, 0) is 14.9 Å². The lowest BCUT2D eigenvalue weighted by Crippen LogP contribution is -2.44. The first-order chi connectivity index (χ1) is 11.2. The van der Waals surface area contributed by atoms with E-state index in [-0.39, 0.29) is 10.8 Å². The number of hydrogen-bond donors (Lipinski definition) is 0. The van der Waals surface area contributed by atoms with Gasteiger partial charge in [0.05, 0.1) is 16.7 Å². The monoisotopic (exact) mass is 427 g/mol. The first-order valence-electron chi connectivity index (χ1n) is 7.17. The van der Waals surface area contributed by atoms with Gasteiger partial charge in [-0.25, -0.2) is 0 Å². The summed E-state index contributed by atoms with van der Waals surface area (Å²) in [5.41, 5.74) is 0.493. The molecule has 1 fully saturated rings. The molecule has 0 saturated heterocycles. The van der Waals surface area contributed by atoms with Crippen LogP contribution in [-0.4, -0.2) is 34.9 Å². The standard InChI is InChI=1S/C16H14Cl5NO2/c1-24-9-14-7-15(14,10-2-3-11(17)12(18)6-10)4-5-22(8-14)13(23)16(19,20)21/h2-6H,7-9H2,1H3/t14-,15-/m0/s1. The molecule has 1 heterocycles. The lowest BCUT2D eigenvalue weighted by molar-refractivity contribution is -0.129. The Morgan fingerprint density at radius 1 is 1.29 bits per heavy atom. The molecule has 8 heteroatoms. The molecule has 1 aliphatic carbocycles. The highest BCUT2D eigenvalue weighted by molar-refractivity contribution is 6.76. The van der Waals surface area contributed by atoms with Crippen LogP contribution in [0, 0.1) is 5.41 Å². The zero-order valence-electron chi connectivity index (χ0n) is 12.7. The van der Waals surface area contributed by atoms with Crippen LogP contribution in [0.3, 0.4) is 0 Å². The van der Waals surface area contributed by atoms with Gasteiger partial charge in [-0.05, 0) is 24.1 Å². The summed E-state index contributed by atoms with van der Waals surface area (Å²) in [6.45, 7) is 0.881. The number of methoxy groups -OCH3 is 1. The highest BCUT2D eigenvalue weighted by Gasteiger charge is 2.69. The molecule has 0 aromatic heterocycles. The molecule has 130 valence electrons. The van der Waals surface area contributed by atoms with Crippen molar-refractivity contribution in [2.45, 2.75) is 15.6 Å². The number of fused-ring (bicyclic) bond motifs is 1. The molecule has 1 amide bonds. The summed E-state index contributed by atoms with van der Waals surface area (Å²) in [7, 11) is 1.63. The third-order valence-corrected chi connectivity index (χ3v) is 6.03. The van der Waals surface area contributed by atoms with E-state index in [0.717, 1.165) is 12.0 Å². The molecule has 24 heavy (non-hydrogen) atoms. The van der Waals surface area contributed by atoms with Gasteiger partial charge in [0.25, 0.3) is 9.70 Å². The van der Waals surface area contributed by atoms with E-state index in [1.807, 2.05) is 18.2 Å². The number of alkyl halides is 3. The normalized spacial score (nSPS) is 28.7. The molecular formula is C16H14Cl5NO2. The number of rotatable bonds is 3. The van der Waals surface area contributed by atoms with Gasteiger partial charge in [0.15, 0.2) is 0 Å². The number of halogens is 5. The SMILES string of the molecule is COC[C@]12CN(C(=O)C(Cl)(Cl)Cl)C=C[C@@]1(c1ccc(Cl)c(Cl)c1)C2. The van der Waals surface area contributed by atoms with E-state index in [4.69, 9.17) is 62.7 Å². The second kappa shape index (κ2) is 6.22. The summed E-state index contributed by atoms with van der Waals surface area (Å²) in [6, 6.07) is 5.58. The summed E-state index contributed by atoms with van der Waals surface area (Å²) in [6.07, 6.45) is 4.45. The molecule has 0 radical (unpaired) electrons. The fraction of sp³-hybridized carbons (Fsp3) is 0.438. The minimum Gasteiger partial charge on any atom is -0.384 e. The molecule has 0 N–H and O–H groups in total. The lowest BCUT2D eigenvalue weighted by Gasteiger charge is -2.34. The summed E-state index contributed by atoms with van der Waals surface area (Å²) in [5, 5.41) is 0.998. The minimum atomic E-state index is -1.99. The molecule has 2 atom stereocenters. The number of carbonyl (C=O) groups excluding carboxylic acids is 1. The number of nitrogens with zero attached hydrogens (tertiary/aromatic N) is 1. The smallest absolute Gasteiger partial charge is 0.278 e. The van der Waals surface area contributed by atoms with Crippen molar-refractivity contribution in [3.63, 3.8) is 0 Å². The number of carbonyl (C=O) groups is 1. The quantitative estimate of drug-likeness (QED) is 0.634. The second-order valence-corrected chi connectivity index (χ2v) is 9.33. The summed E-state index contributed by atoms with van der Waals surface area (Å²) in [4.78, 5) is 13.7. The molecule has 1 saturated carbocycles. The number of hydrogen-bond acceptors (Lipinski definition) is 2. The van der Waals surface area contributed by atoms with E-state index in [1.165, 1.54) is 4.90 Å². The van der Waals surface area contributed by atoms with Crippen molar-refractivity contribution in [2.75, 3.05) is 20.3 Å². The summed E-state index contributed by atoms with van der Waals surface area (Å²) >= 11 is 29.4. The van der Waals surface area contributed by atoms with E-state index < -0.39 is 9.70 Å². The predicted octanol–water partition coefficient (Wildman–Crippen LogP) is 4.99. The number of allylic oxidation sites excluding steroid dienone is 1. The lowest BCUT2D eigenvalue weighted by atomic mass is 9.84. The predicted molar refractivity (Wildman–Crippen MR) is 98.2 cm³/mol. The number of ether oxygens (including phenoxy) is 1. The average Bonchev–Trinajstić information content (AvgIpc) is 3.17. The Morgan fingerprint density at radius 2 is 2.00 bits per heavy atom. The molecule has 1 aromatic rings. The summed E-state index contributed by atoms with van der Waals surface area (Å²) < 4.78 is 3.42. The van der Waals surface area contributed by atoms with Crippen molar-refractivity contribution < 1.29 is 9.53 Å². The Labute approximate surface area is 165 Å². The molecular weight excluding hydrogens is 415 g/mol. The van der Waals surface area contributed by atoms with Gasteiger partial charge in [-0.15, -0.1) is 0 Å². The Kier molecular flexibility index (Phi) is 4.83. The van der Waals surface area contributed by atoms with Crippen molar-refractivity contribution in [1.82, 2.24) is 4.90 Å². The largest absolute Gasteiger partial charge is 0.384 e. The van der Waals surface area contributed by atoms with E-state index in [1.54, 1.807) is 19.4 Å². The molecule has 3 rings (SSSR count). The van der Waals surface area contributed by atoms with Gasteiger partial charge in [0, 0.05) is 30.7 Å². The third kappa shape index (κ3) is 2.94. The van der Waals surface area contributed by atoms with E-state index in [2.05, 4.69) is 0 Å². The zero-order chi connectivity index (χ0) is 17.8. The van der Waals surface area contributed by atoms with Crippen molar-refractivity contribution in [3.8, 4) is 0 Å². The molecule has 2 aliphatic rings. The van der Waals surface area contributed by atoms with Gasteiger partial charge in [-0.2, -0.15) is 0 Å². The Morgan fingerprint density at radius 3 is 2.58 bits per heavy atom. The Balaban J connectivity index is 1.98. The summed E-state index contributed by atoms with van der Waals surface area (Å²) in [5.74, 6) is -0.575. The maximum atomic E-state index is 12.3. The van der Waals surface area contributed by atoms with Gasteiger partial charge < -0.3 is 9.64 Å². The minimum absolute atomic E-state index is 0.262. The van der Waals surface area contributed by atoms with Crippen molar-refractivity contribution in [2.24, 2.45) is 5.41 Å². The van der Waals surface area contributed by atoms with Crippen LogP contribution in [0.2, 0.25) is 10.0 Å². The highest BCUT2D eigenvalue weighted by Crippen LogP contribution is 2.68. The maximum Gasteiger partial charge on any atom is 0.278 e. The van der Waals surface area contributed by atoms with Crippen molar-refractivity contribution in [3.05, 3.63) is 46.1 Å². The van der Waals surface area contributed by atoms with Crippen LogP contribution in [0.15, 0.2) is 30.5 Å². The molecule has 0 unspecified atom stereocenters. The molecule has 0 bridgehead atoms. The number of benzene rings is 1. The van der Waals surface area contributed by atoms with Crippen LogP contribution < -0.4 is 0 Å². The first kappa shape index (κ1) is 18.6. The third-order valence-electron chi connectivity index (χ3n) is 4.81. The Bertz CT molecular complexity index is 717. The van der Waals surface area contributed by atoms with Gasteiger partial charge in [0.1, 0.15) is 0 Å². The molecule has 1 aliphatic heterocycles. The van der Waals surface area contributed by atoms with Gasteiger partial charge >= 0.3 is 0 Å². The van der Waals surface area contributed by atoms with Gasteiger partial charge in [-0.1, -0.05) is 70.1 Å². The molecule has 1 aromatic carbocycles. The van der Waals surface area contributed by atoms with E-state index in [0.29, 0.717) is 23.2 Å². The fourth-order valence-corrected chi connectivity index (χ4v) is 4.22. The van der Waals surface area contributed by atoms with Crippen LogP contribution in [0.1, 0.15) is 12.0 Å². The number of amides is 1. The second-order valence-electron chi connectivity index (χ2n) is 6.24.